The highest BCUT2D eigenvalue weighted by molar-refractivity contribution is 8.00. The first-order chi connectivity index (χ1) is 10.8. The molecule has 1 amide bonds. The average molecular weight is 333 g/mol. The van der Waals surface area contributed by atoms with Crippen LogP contribution >= 0.6 is 23.1 Å². The van der Waals surface area contributed by atoms with Crippen molar-refractivity contribution < 1.29 is 4.79 Å². The van der Waals surface area contributed by atoms with Crippen LogP contribution in [0.3, 0.4) is 0 Å². The molecule has 2 aromatic rings. The first-order valence-corrected chi connectivity index (χ1v) is 9.71. The molecule has 0 radical (unpaired) electrons. The van der Waals surface area contributed by atoms with E-state index >= 15 is 0 Å². The summed E-state index contributed by atoms with van der Waals surface area (Å²) in [6.45, 7) is 0. The van der Waals surface area contributed by atoms with Crippen LogP contribution in [0.15, 0.2) is 30.2 Å². The Bertz CT molecular complexity index is 652. The normalized spacial score (nSPS) is 27.5. The minimum atomic E-state index is -0.0287. The summed E-state index contributed by atoms with van der Waals surface area (Å²) in [6, 6.07) is 2.70. The molecule has 1 fully saturated rings. The summed E-state index contributed by atoms with van der Waals surface area (Å²) in [5.41, 5.74) is 1.23. The molecule has 1 N–H and O–H groups in total. The number of aryl methyl sites for hydroxylation is 1. The molecule has 116 valence electrons. The summed E-state index contributed by atoms with van der Waals surface area (Å²) in [6.07, 6.45) is 10.1. The van der Waals surface area contributed by atoms with Crippen molar-refractivity contribution in [2.75, 3.05) is 5.75 Å². The standard InChI is InChI=1S/C16H19N3OS2/c20-16(15-11-4-8-21-14(11)5-9-22-15)18-12-2-1-3-13(12)19-7-6-17-10-19/h4,6-8,10,12-13,15H,1-3,5,9H2,(H,18,20)/t12-,13-,15-/m1/s1. The SMILES string of the molecule is O=C(N[C@@H]1CCC[C@H]1n1ccnc1)[C@@H]1SCCc2sccc21. The molecule has 1 aliphatic carbocycles. The molecule has 1 aliphatic heterocycles. The van der Waals surface area contributed by atoms with Gasteiger partial charge < -0.3 is 9.88 Å². The fourth-order valence-electron chi connectivity index (χ4n) is 3.55. The Morgan fingerprint density at radius 2 is 2.36 bits per heavy atom. The molecule has 0 spiro atoms. The number of nitrogens with one attached hydrogen (secondary N) is 1. The monoisotopic (exact) mass is 333 g/mol. The van der Waals surface area contributed by atoms with E-state index in [0.717, 1.165) is 31.4 Å². The van der Waals surface area contributed by atoms with Crippen LogP contribution in [0.4, 0.5) is 0 Å². The number of rotatable bonds is 3. The summed E-state index contributed by atoms with van der Waals surface area (Å²) in [7, 11) is 0. The predicted octanol–water partition coefficient (Wildman–Crippen LogP) is 3.19. The molecule has 22 heavy (non-hydrogen) atoms. The molecule has 0 bridgehead atoms. The first-order valence-electron chi connectivity index (χ1n) is 7.78. The van der Waals surface area contributed by atoms with Gasteiger partial charge in [-0.1, -0.05) is 0 Å². The van der Waals surface area contributed by atoms with Gasteiger partial charge in [0.05, 0.1) is 12.4 Å². The van der Waals surface area contributed by atoms with Gasteiger partial charge in [-0.25, -0.2) is 4.98 Å². The zero-order valence-electron chi connectivity index (χ0n) is 12.3. The van der Waals surface area contributed by atoms with E-state index in [1.807, 2.05) is 18.7 Å². The number of carbonyl (C=O) groups is 1. The number of aromatic nitrogens is 2. The third kappa shape index (κ3) is 2.58. The van der Waals surface area contributed by atoms with Crippen LogP contribution in [0, 0.1) is 0 Å². The van der Waals surface area contributed by atoms with Gasteiger partial charge in [0, 0.05) is 23.3 Å². The molecular weight excluding hydrogens is 314 g/mol. The Hall–Kier alpha value is -1.27. The zero-order chi connectivity index (χ0) is 14.9. The summed E-state index contributed by atoms with van der Waals surface area (Å²) < 4.78 is 2.14. The Labute approximate surface area is 138 Å². The van der Waals surface area contributed by atoms with E-state index in [4.69, 9.17) is 0 Å². The summed E-state index contributed by atoms with van der Waals surface area (Å²) >= 11 is 3.56. The molecule has 4 nitrogen and oxygen atoms in total. The quantitative estimate of drug-likeness (QED) is 0.938. The van der Waals surface area contributed by atoms with Crippen LogP contribution in [-0.4, -0.2) is 27.3 Å². The average Bonchev–Trinajstić information content (AvgIpc) is 3.27. The minimum Gasteiger partial charge on any atom is -0.350 e. The van der Waals surface area contributed by atoms with E-state index < -0.39 is 0 Å². The fraction of sp³-hybridized carbons (Fsp3) is 0.500. The molecule has 2 aliphatic rings. The van der Waals surface area contributed by atoms with Gasteiger partial charge in [-0.15, -0.1) is 23.1 Å². The number of fused-ring (bicyclic) bond motifs is 1. The Kier molecular flexibility index (Phi) is 3.96. The smallest absolute Gasteiger partial charge is 0.237 e. The second-order valence-corrected chi connectivity index (χ2v) is 8.14. The zero-order valence-corrected chi connectivity index (χ0v) is 13.9. The van der Waals surface area contributed by atoms with Gasteiger partial charge in [0.15, 0.2) is 0 Å². The molecule has 6 heteroatoms. The minimum absolute atomic E-state index is 0.0287. The number of hydrogen-bond acceptors (Lipinski definition) is 4. The van der Waals surface area contributed by atoms with E-state index in [-0.39, 0.29) is 17.2 Å². The second-order valence-electron chi connectivity index (χ2n) is 5.92. The lowest BCUT2D eigenvalue weighted by atomic mass is 10.1. The number of thiophene rings is 1. The van der Waals surface area contributed by atoms with Crippen LogP contribution in [0.5, 0.6) is 0 Å². The molecule has 0 saturated heterocycles. The van der Waals surface area contributed by atoms with Crippen LogP contribution in [-0.2, 0) is 11.2 Å². The van der Waals surface area contributed by atoms with Gasteiger partial charge in [-0.05, 0) is 48.4 Å². The number of amides is 1. The first kappa shape index (κ1) is 14.3. The Balaban J connectivity index is 1.49. The molecular formula is C16H19N3OS2. The molecule has 3 atom stereocenters. The maximum atomic E-state index is 12.8. The van der Waals surface area contributed by atoms with Crippen molar-refractivity contribution >= 4 is 29.0 Å². The molecule has 0 aromatic carbocycles. The van der Waals surface area contributed by atoms with E-state index in [0.29, 0.717) is 6.04 Å². The molecule has 4 rings (SSSR count). The van der Waals surface area contributed by atoms with Gasteiger partial charge >= 0.3 is 0 Å². The topological polar surface area (TPSA) is 46.9 Å². The third-order valence-corrected chi connectivity index (χ3v) is 6.87. The summed E-state index contributed by atoms with van der Waals surface area (Å²) in [4.78, 5) is 18.3. The van der Waals surface area contributed by atoms with Crippen molar-refractivity contribution in [3.8, 4) is 0 Å². The lowest BCUT2D eigenvalue weighted by Gasteiger charge is -2.26. The summed E-state index contributed by atoms with van der Waals surface area (Å²) in [5, 5.41) is 5.40. The van der Waals surface area contributed by atoms with Crippen molar-refractivity contribution in [2.24, 2.45) is 0 Å². The third-order valence-electron chi connectivity index (χ3n) is 4.63. The van der Waals surface area contributed by atoms with Gasteiger partial charge in [0.25, 0.3) is 0 Å². The molecule has 2 aromatic heterocycles. The Morgan fingerprint density at radius 1 is 1.41 bits per heavy atom. The number of carbonyl (C=O) groups excluding carboxylic acids is 1. The molecule has 3 heterocycles. The van der Waals surface area contributed by atoms with Crippen molar-refractivity contribution in [3.63, 3.8) is 0 Å². The summed E-state index contributed by atoms with van der Waals surface area (Å²) in [5.74, 6) is 1.22. The molecule has 1 saturated carbocycles. The largest absolute Gasteiger partial charge is 0.350 e. The van der Waals surface area contributed by atoms with Gasteiger partial charge in [-0.2, -0.15) is 0 Å². The molecule has 0 unspecified atom stereocenters. The van der Waals surface area contributed by atoms with Crippen molar-refractivity contribution in [2.45, 2.75) is 43.0 Å². The highest BCUT2D eigenvalue weighted by Gasteiger charge is 2.34. The van der Waals surface area contributed by atoms with Crippen molar-refractivity contribution in [1.29, 1.82) is 0 Å². The van der Waals surface area contributed by atoms with E-state index in [9.17, 15) is 4.79 Å². The van der Waals surface area contributed by atoms with Gasteiger partial charge in [-0.3, -0.25) is 4.79 Å². The van der Waals surface area contributed by atoms with Crippen LogP contribution in [0.1, 0.15) is 41.0 Å². The second kappa shape index (κ2) is 6.08. The van der Waals surface area contributed by atoms with E-state index in [2.05, 4.69) is 26.3 Å². The highest BCUT2D eigenvalue weighted by Crippen LogP contribution is 2.40. The predicted molar refractivity (Wildman–Crippen MR) is 90.3 cm³/mol. The van der Waals surface area contributed by atoms with E-state index in [1.165, 1.54) is 10.4 Å². The van der Waals surface area contributed by atoms with Crippen LogP contribution < -0.4 is 5.32 Å². The lowest BCUT2D eigenvalue weighted by Crippen LogP contribution is -2.40. The Morgan fingerprint density at radius 3 is 3.23 bits per heavy atom. The maximum Gasteiger partial charge on any atom is 0.237 e. The van der Waals surface area contributed by atoms with Crippen molar-refractivity contribution in [3.05, 3.63) is 40.6 Å². The maximum absolute atomic E-state index is 12.8. The number of imidazole rings is 1. The van der Waals surface area contributed by atoms with Crippen LogP contribution in [0.25, 0.3) is 0 Å². The van der Waals surface area contributed by atoms with Gasteiger partial charge in [0.2, 0.25) is 5.91 Å². The number of nitrogens with zero attached hydrogens (tertiary/aromatic N) is 2. The van der Waals surface area contributed by atoms with Gasteiger partial charge in [0.1, 0.15) is 5.25 Å². The number of thioether (sulfide) groups is 1. The van der Waals surface area contributed by atoms with E-state index in [1.54, 1.807) is 23.1 Å². The highest BCUT2D eigenvalue weighted by atomic mass is 32.2. The van der Waals surface area contributed by atoms with Crippen molar-refractivity contribution in [1.82, 2.24) is 14.9 Å². The number of hydrogen-bond donors (Lipinski definition) is 1. The van der Waals surface area contributed by atoms with Crippen LogP contribution in [0.2, 0.25) is 0 Å². The lowest BCUT2D eigenvalue weighted by molar-refractivity contribution is -0.121. The fourth-order valence-corrected chi connectivity index (χ4v) is 5.86.